The molecule has 0 radical (unpaired) electrons. The monoisotopic (exact) mass is 418 g/mol. The summed E-state index contributed by atoms with van der Waals surface area (Å²) < 4.78 is 5.29. The average molecular weight is 418 g/mol. The SMILES string of the molecule is CC(C)I=NCON(C(c1ccccc1)C(C)C)C(C)(C)C. The lowest BCUT2D eigenvalue weighted by Crippen LogP contribution is -2.45. The van der Waals surface area contributed by atoms with E-state index in [4.69, 9.17) is 4.84 Å². The minimum atomic E-state index is -0.121. The molecular weight excluding hydrogens is 387 g/mol. The van der Waals surface area contributed by atoms with Crippen molar-refractivity contribution < 1.29 is 4.84 Å². The first-order valence-electron chi connectivity index (χ1n) is 8.00. The van der Waals surface area contributed by atoms with Crippen molar-refractivity contribution in [3.05, 3.63) is 35.9 Å². The van der Waals surface area contributed by atoms with Gasteiger partial charge in [0.05, 0.1) is 6.04 Å². The zero-order valence-electron chi connectivity index (χ0n) is 15.0. The fraction of sp³-hybridized carbons (Fsp3) is 0.667. The Morgan fingerprint density at radius 1 is 1.09 bits per heavy atom. The van der Waals surface area contributed by atoms with Crippen LogP contribution in [-0.4, -0.2) is 21.3 Å². The number of benzene rings is 1. The Morgan fingerprint density at radius 3 is 2.14 bits per heavy atom. The number of hydrogen-bond acceptors (Lipinski definition) is 3. The summed E-state index contributed by atoms with van der Waals surface area (Å²) in [6.07, 6.45) is 0. The van der Waals surface area contributed by atoms with E-state index in [9.17, 15) is 0 Å². The van der Waals surface area contributed by atoms with Gasteiger partial charge < -0.3 is 0 Å². The van der Waals surface area contributed by atoms with Crippen LogP contribution in [0.4, 0.5) is 0 Å². The minimum absolute atomic E-state index is 0.0730. The summed E-state index contributed by atoms with van der Waals surface area (Å²) in [7, 11) is 0. The Balaban J connectivity index is 2.97. The van der Waals surface area contributed by atoms with Gasteiger partial charge in [0.2, 0.25) is 0 Å². The third kappa shape index (κ3) is 6.42. The molecule has 0 aliphatic heterocycles. The van der Waals surface area contributed by atoms with E-state index >= 15 is 0 Å². The maximum atomic E-state index is 6.13. The van der Waals surface area contributed by atoms with Crippen molar-refractivity contribution in [3.8, 4) is 0 Å². The number of nitrogens with zero attached hydrogens (tertiary/aromatic N) is 2. The Kier molecular flexibility index (Phi) is 8.14. The molecule has 1 unspecified atom stereocenters. The molecule has 0 amide bonds. The quantitative estimate of drug-likeness (QED) is 0.311. The van der Waals surface area contributed by atoms with Crippen LogP contribution < -0.4 is 0 Å². The summed E-state index contributed by atoms with van der Waals surface area (Å²) in [6.45, 7) is 16.0. The van der Waals surface area contributed by atoms with Gasteiger partial charge in [0.1, 0.15) is 0 Å². The highest BCUT2D eigenvalue weighted by Gasteiger charge is 2.33. The normalized spacial score (nSPS) is 14.8. The van der Waals surface area contributed by atoms with E-state index in [1.807, 2.05) is 0 Å². The van der Waals surface area contributed by atoms with E-state index in [0.29, 0.717) is 16.6 Å². The van der Waals surface area contributed by atoms with Gasteiger partial charge in [-0.3, -0.25) is 4.84 Å². The van der Waals surface area contributed by atoms with E-state index in [1.165, 1.54) is 5.56 Å². The van der Waals surface area contributed by atoms with Crippen molar-refractivity contribution in [3.63, 3.8) is 0 Å². The van der Waals surface area contributed by atoms with Crippen molar-refractivity contribution in [2.24, 2.45) is 9.06 Å². The zero-order chi connectivity index (χ0) is 16.8. The average Bonchev–Trinajstić information content (AvgIpc) is 2.41. The number of hydrogen-bond donors (Lipinski definition) is 0. The lowest BCUT2D eigenvalue weighted by Gasteiger charge is -2.42. The van der Waals surface area contributed by atoms with Crippen molar-refractivity contribution in [1.29, 1.82) is 0 Å². The molecule has 0 aromatic heterocycles. The number of alkyl halides is 1. The van der Waals surface area contributed by atoms with Crippen LogP contribution in [0.3, 0.4) is 0 Å². The van der Waals surface area contributed by atoms with Crippen molar-refractivity contribution in [1.82, 2.24) is 5.06 Å². The minimum Gasteiger partial charge on any atom is -0.274 e. The maximum absolute atomic E-state index is 6.13. The molecule has 1 atom stereocenters. The van der Waals surface area contributed by atoms with Crippen LogP contribution in [-0.2, 0) is 4.84 Å². The summed E-state index contributed by atoms with van der Waals surface area (Å²) in [5.41, 5.74) is 1.22. The first-order valence-corrected chi connectivity index (χ1v) is 10.2. The van der Waals surface area contributed by atoms with Gasteiger partial charge in [-0.2, -0.15) is 5.06 Å². The van der Waals surface area contributed by atoms with E-state index in [-0.39, 0.29) is 32.6 Å². The highest BCUT2D eigenvalue weighted by atomic mass is 127. The molecule has 0 spiro atoms. The number of rotatable bonds is 7. The van der Waals surface area contributed by atoms with Crippen LogP contribution in [0.5, 0.6) is 0 Å². The van der Waals surface area contributed by atoms with Crippen LogP contribution in [0.15, 0.2) is 33.5 Å². The molecule has 0 aliphatic carbocycles. The van der Waals surface area contributed by atoms with Gasteiger partial charge >= 0.3 is 0 Å². The molecule has 0 N–H and O–H groups in total. The molecule has 0 saturated heterocycles. The van der Waals surface area contributed by atoms with E-state index in [1.54, 1.807) is 0 Å². The summed E-state index contributed by atoms with van der Waals surface area (Å²) in [6, 6.07) is 10.9. The molecular formula is C18H31IN2O. The maximum Gasteiger partial charge on any atom is 0.163 e. The molecule has 0 bridgehead atoms. The Bertz CT molecular complexity index is 452. The highest BCUT2D eigenvalue weighted by molar-refractivity contribution is 14.2. The topological polar surface area (TPSA) is 24.8 Å². The van der Waals surface area contributed by atoms with Gasteiger partial charge in [-0.25, -0.2) is 3.15 Å². The lowest BCUT2D eigenvalue weighted by molar-refractivity contribution is -0.243. The summed E-state index contributed by atoms with van der Waals surface area (Å²) in [5, 5.41) is 2.14. The first-order chi connectivity index (χ1) is 10.2. The van der Waals surface area contributed by atoms with Crippen LogP contribution in [0.1, 0.15) is 60.1 Å². The molecule has 1 aromatic carbocycles. The van der Waals surface area contributed by atoms with Crippen LogP contribution >= 0.6 is 21.0 Å². The third-order valence-corrected chi connectivity index (χ3v) is 4.98. The van der Waals surface area contributed by atoms with Gasteiger partial charge in [-0.1, -0.05) is 58.0 Å². The predicted molar refractivity (Wildman–Crippen MR) is 103 cm³/mol. The third-order valence-electron chi connectivity index (χ3n) is 3.20. The molecule has 0 heterocycles. The second-order valence-corrected chi connectivity index (χ2v) is 10.8. The fourth-order valence-corrected chi connectivity index (χ4v) is 3.46. The lowest BCUT2D eigenvalue weighted by atomic mass is 9.92. The van der Waals surface area contributed by atoms with Gasteiger partial charge in [0.15, 0.2) is 6.73 Å². The largest absolute Gasteiger partial charge is 0.274 e. The van der Waals surface area contributed by atoms with Gasteiger partial charge in [0, 0.05) is 9.46 Å². The van der Waals surface area contributed by atoms with Crippen molar-refractivity contribution in [2.75, 3.05) is 6.73 Å². The fourth-order valence-electron chi connectivity index (χ4n) is 2.38. The molecule has 126 valence electrons. The number of halogens is 1. The van der Waals surface area contributed by atoms with Crippen LogP contribution in [0.25, 0.3) is 0 Å². The first kappa shape index (κ1) is 19.7. The van der Waals surface area contributed by atoms with Crippen LogP contribution in [0, 0.1) is 5.92 Å². The smallest absolute Gasteiger partial charge is 0.163 e. The Morgan fingerprint density at radius 2 is 1.68 bits per heavy atom. The zero-order valence-corrected chi connectivity index (χ0v) is 17.2. The number of hydroxylamine groups is 2. The molecule has 22 heavy (non-hydrogen) atoms. The van der Waals surface area contributed by atoms with Crippen LogP contribution in [0.2, 0.25) is 0 Å². The molecule has 0 fully saturated rings. The van der Waals surface area contributed by atoms with Crippen molar-refractivity contribution >= 4 is 21.0 Å². The second kappa shape index (κ2) is 9.08. The highest BCUT2D eigenvalue weighted by Crippen LogP contribution is 2.34. The van der Waals surface area contributed by atoms with E-state index < -0.39 is 0 Å². The van der Waals surface area contributed by atoms with Crippen molar-refractivity contribution in [2.45, 2.75) is 64.0 Å². The van der Waals surface area contributed by atoms with Gasteiger partial charge in [0.25, 0.3) is 0 Å². The second-order valence-electron chi connectivity index (χ2n) is 7.09. The molecule has 1 aromatic rings. The summed E-state index contributed by atoms with van der Waals surface area (Å²) in [5.74, 6) is 0.460. The van der Waals surface area contributed by atoms with Gasteiger partial charge in [-0.05, 0) is 53.3 Å². The van der Waals surface area contributed by atoms with Gasteiger partial charge in [-0.15, -0.1) is 0 Å². The predicted octanol–water partition coefficient (Wildman–Crippen LogP) is 5.94. The summed E-state index contributed by atoms with van der Waals surface area (Å²) >= 11 is -0.121. The standard InChI is InChI=1S/C18H31IN2O/c1-14(2)17(16-11-9-8-10-12-16)21(18(5,6)7)22-13-20-19-15(3)4/h8-12,14-15,17H,13H2,1-7H3. The molecule has 0 saturated carbocycles. The molecule has 0 aliphatic rings. The van der Waals surface area contributed by atoms with E-state index in [2.05, 4.69) is 87.0 Å². The Hall–Kier alpha value is -0.330. The van der Waals surface area contributed by atoms with E-state index in [0.717, 1.165) is 0 Å². The molecule has 4 heteroatoms. The summed E-state index contributed by atoms with van der Waals surface area (Å²) in [4.78, 5) is 6.13. The Labute approximate surface area is 146 Å². The molecule has 3 nitrogen and oxygen atoms in total. The molecule has 1 rings (SSSR count).